The van der Waals surface area contributed by atoms with E-state index >= 15 is 0 Å². The highest BCUT2D eigenvalue weighted by molar-refractivity contribution is 5.62. The molecule has 2 nitrogen and oxygen atoms in total. The number of rotatable bonds is 2. The average Bonchev–Trinajstić information content (AvgIpc) is 2.36. The first kappa shape index (κ1) is 6.75. The maximum Gasteiger partial charge on any atom is 0.151 e. The second-order valence-electron chi connectivity index (χ2n) is 2.59. The van der Waals surface area contributed by atoms with Crippen LogP contribution in [0.1, 0.15) is 25.7 Å². The third-order valence-corrected chi connectivity index (χ3v) is 2.07. The number of carbonyl (C=O) groups is 1. The first-order valence-electron chi connectivity index (χ1n) is 3.34. The Morgan fingerprint density at radius 3 is 2.22 bits per heavy atom. The molecule has 1 fully saturated rings. The van der Waals surface area contributed by atoms with E-state index < -0.39 is 5.60 Å². The van der Waals surface area contributed by atoms with Crippen molar-refractivity contribution in [3.8, 4) is 0 Å². The molecule has 0 bridgehead atoms. The van der Waals surface area contributed by atoms with Gasteiger partial charge in [-0.25, -0.2) is 0 Å². The van der Waals surface area contributed by atoms with Gasteiger partial charge in [-0.15, -0.1) is 0 Å². The molecule has 0 atom stereocenters. The summed E-state index contributed by atoms with van der Waals surface area (Å²) in [4.78, 5) is 10.4. The maximum absolute atomic E-state index is 10.4. The van der Waals surface area contributed by atoms with Gasteiger partial charge in [0, 0.05) is 7.11 Å². The van der Waals surface area contributed by atoms with Crippen LogP contribution in [0, 0.1) is 0 Å². The van der Waals surface area contributed by atoms with Crippen molar-refractivity contribution < 1.29 is 9.53 Å². The predicted molar refractivity (Wildman–Crippen MR) is 34.3 cm³/mol. The third-order valence-electron chi connectivity index (χ3n) is 2.07. The molecular formula is C7H12O2. The fourth-order valence-corrected chi connectivity index (χ4v) is 1.34. The lowest BCUT2D eigenvalue weighted by molar-refractivity contribution is -0.126. The Labute approximate surface area is 55.2 Å². The summed E-state index contributed by atoms with van der Waals surface area (Å²) in [5.41, 5.74) is -0.403. The number of carbonyl (C=O) groups excluding carboxylic acids is 1. The minimum absolute atomic E-state index is 0.403. The number of hydrogen-bond donors (Lipinski definition) is 0. The van der Waals surface area contributed by atoms with Gasteiger partial charge in [-0.2, -0.15) is 0 Å². The number of hydrogen-bond acceptors (Lipinski definition) is 2. The van der Waals surface area contributed by atoms with Gasteiger partial charge in [-0.3, -0.25) is 0 Å². The van der Waals surface area contributed by atoms with Gasteiger partial charge in [0.05, 0.1) is 0 Å². The van der Waals surface area contributed by atoms with Gasteiger partial charge in [-0.1, -0.05) is 12.8 Å². The first-order chi connectivity index (χ1) is 4.33. The third kappa shape index (κ3) is 1.13. The molecule has 0 amide bonds. The summed E-state index contributed by atoms with van der Waals surface area (Å²) >= 11 is 0. The molecule has 52 valence electrons. The molecule has 1 rings (SSSR count). The quantitative estimate of drug-likeness (QED) is 0.521. The van der Waals surface area contributed by atoms with E-state index in [2.05, 4.69) is 0 Å². The predicted octanol–water partition coefficient (Wildman–Crippen LogP) is 1.14. The zero-order valence-electron chi connectivity index (χ0n) is 5.72. The second-order valence-corrected chi connectivity index (χ2v) is 2.59. The minimum atomic E-state index is -0.403. The van der Waals surface area contributed by atoms with E-state index in [1.54, 1.807) is 7.11 Å². The van der Waals surface area contributed by atoms with Crippen LogP contribution in [0.25, 0.3) is 0 Å². The molecule has 0 aromatic heterocycles. The number of aldehydes is 1. The Kier molecular flexibility index (Phi) is 1.86. The number of ether oxygens (including phenoxy) is 1. The average molecular weight is 128 g/mol. The summed E-state index contributed by atoms with van der Waals surface area (Å²) < 4.78 is 5.08. The van der Waals surface area contributed by atoms with Crippen molar-refractivity contribution in [3.05, 3.63) is 0 Å². The molecule has 9 heavy (non-hydrogen) atoms. The van der Waals surface area contributed by atoms with E-state index in [0.29, 0.717) is 0 Å². The summed E-state index contributed by atoms with van der Waals surface area (Å²) in [6.45, 7) is 0. The van der Waals surface area contributed by atoms with Crippen molar-refractivity contribution in [2.75, 3.05) is 7.11 Å². The highest BCUT2D eigenvalue weighted by atomic mass is 16.5. The minimum Gasteiger partial charge on any atom is -0.371 e. The van der Waals surface area contributed by atoms with Crippen LogP contribution in [0.3, 0.4) is 0 Å². The highest BCUT2D eigenvalue weighted by Crippen LogP contribution is 2.30. The molecule has 0 unspecified atom stereocenters. The molecule has 0 heterocycles. The van der Waals surface area contributed by atoms with E-state index in [1.807, 2.05) is 0 Å². The van der Waals surface area contributed by atoms with Gasteiger partial charge in [0.2, 0.25) is 0 Å². The normalized spacial score (nSPS) is 24.1. The molecule has 0 saturated heterocycles. The summed E-state index contributed by atoms with van der Waals surface area (Å²) in [6, 6.07) is 0. The molecule has 0 N–H and O–H groups in total. The Balaban J connectivity index is 2.55. The SMILES string of the molecule is COC1(C=O)CCCC1. The Bertz CT molecular complexity index is 103. The number of methoxy groups -OCH3 is 1. The van der Waals surface area contributed by atoms with Gasteiger partial charge >= 0.3 is 0 Å². The maximum atomic E-state index is 10.4. The monoisotopic (exact) mass is 128 g/mol. The summed E-state index contributed by atoms with van der Waals surface area (Å²) in [7, 11) is 1.61. The van der Waals surface area contributed by atoms with Crippen molar-refractivity contribution in [3.63, 3.8) is 0 Å². The Morgan fingerprint density at radius 2 is 2.00 bits per heavy atom. The van der Waals surface area contributed by atoms with Crippen LogP contribution in [0.4, 0.5) is 0 Å². The fourth-order valence-electron chi connectivity index (χ4n) is 1.34. The largest absolute Gasteiger partial charge is 0.371 e. The van der Waals surface area contributed by atoms with Crippen molar-refractivity contribution >= 4 is 6.29 Å². The van der Waals surface area contributed by atoms with Crippen LogP contribution >= 0.6 is 0 Å². The first-order valence-corrected chi connectivity index (χ1v) is 3.34. The fraction of sp³-hybridized carbons (Fsp3) is 0.857. The van der Waals surface area contributed by atoms with Crippen molar-refractivity contribution in [2.45, 2.75) is 31.3 Å². The van der Waals surface area contributed by atoms with Crippen molar-refractivity contribution in [1.82, 2.24) is 0 Å². The summed E-state index contributed by atoms with van der Waals surface area (Å²) in [5.74, 6) is 0. The van der Waals surface area contributed by atoms with Gasteiger partial charge in [0.25, 0.3) is 0 Å². The van der Waals surface area contributed by atoms with Crippen molar-refractivity contribution in [2.24, 2.45) is 0 Å². The zero-order valence-corrected chi connectivity index (χ0v) is 5.72. The van der Waals surface area contributed by atoms with E-state index in [-0.39, 0.29) is 0 Å². The molecule has 0 aromatic rings. The smallest absolute Gasteiger partial charge is 0.151 e. The molecule has 1 aliphatic carbocycles. The van der Waals surface area contributed by atoms with Crippen LogP contribution in [0.2, 0.25) is 0 Å². The topological polar surface area (TPSA) is 26.3 Å². The molecule has 0 aliphatic heterocycles. The molecular weight excluding hydrogens is 116 g/mol. The standard InChI is InChI=1S/C7H12O2/c1-9-7(6-8)4-2-3-5-7/h6H,2-5H2,1H3. The Hall–Kier alpha value is -0.370. The molecule has 0 spiro atoms. The van der Waals surface area contributed by atoms with Crippen LogP contribution in [0.15, 0.2) is 0 Å². The zero-order chi connectivity index (χ0) is 6.74. The van der Waals surface area contributed by atoms with Crippen LogP contribution in [0.5, 0.6) is 0 Å². The Morgan fingerprint density at radius 1 is 1.44 bits per heavy atom. The lowest BCUT2D eigenvalue weighted by Crippen LogP contribution is -2.28. The van der Waals surface area contributed by atoms with Gasteiger partial charge in [0.15, 0.2) is 6.29 Å². The van der Waals surface area contributed by atoms with E-state index in [1.165, 1.54) is 0 Å². The summed E-state index contributed by atoms with van der Waals surface area (Å²) in [6.07, 6.45) is 5.03. The molecule has 2 heteroatoms. The van der Waals surface area contributed by atoms with E-state index in [0.717, 1.165) is 32.0 Å². The van der Waals surface area contributed by atoms with Crippen LogP contribution in [-0.4, -0.2) is 19.0 Å². The lowest BCUT2D eigenvalue weighted by atomic mass is 10.1. The van der Waals surface area contributed by atoms with Crippen LogP contribution in [-0.2, 0) is 9.53 Å². The van der Waals surface area contributed by atoms with Crippen molar-refractivity contribution in [1.29, 1.82) is 0 Å². The van der Waals surface area contributed by atoms with E-state index in [4.69, 9.17) is 4.74 Å². The highest BCUT2D eigenvalue weighted by Gasteiger charge is 2.32. The van der Waals surface area contributed by atoms with E-state index in [9.17, 15) is 4.79 Å². The molecule has 1 saturated carbocycles. The molecule has 0 radical (unpaired) electrons. The second kappa shape index (κ2) is 2.48. The van der Waals surface area contributed by atoms with Crippen LogP contribution < -0.4 is 0 Å². The molecule has 1 aliphatic rings. The summed E-state index contributed by atoms with van der Waals surface area (Å²) in [5, 5.41) is 0. The van der Waals surface area contributed by atoms with Gasteiger partial charge < -0.3 is 9.53 Å². The van der Waals surface area contributed by atoms with Gasteiger partial charge in [0.1, 0.15) is 5.60 Å². The lowest BCUT2D eigenvalue weighted by Gasteiger charge is -2.18. The van der Waals surface area contributed by atoms with Gasteiger partial charge in [-0.05, 0) is 12.8 Å². The molecule has 0 aromatic carbocycles.